The fourth-order valence-corrected chi connectivity index (χ4v) is 4.27. The summed E-state index contributed by atoms with van der Waals surface area (Å²) in [7, 11) is 0. The van der Waals surface area contributed by atoms with Crippen molar-refractivity contribution in [3.05, 3.63) is 64.7 Å². The zero-order valence-corrected chi connectivity index (χ0v) is 16.6. The molecule has 3 heterocycles. The van der Waals surface area contributed by atoms with Gasteiger partial charge in [-0.2, -0.15) is 0 Å². The van der Waals surface area contributed by atoms with Gasteiger partial charge in [-0.25, -0.2) is 9.37 Å². The molecule has 0 unspecified atom stereocenters. The van der Waals surface area contributed by atoms with Gasteiger partial charge in [-0.1, -0.05) is 6.07 Å². The van der Waals surface area contributed by atoms with Crippen LogP contribution in [-0.4, -0.2) is 51.9 Å². The number of hydrogen-bond acceptors (Lipinski definition) is 3. The predicted molar refractivity (Wildman–Crippen MR) is 110 cm³/mol. The molecule has 0 spiro atoms. The minimum absolute atomic E-state index is 0.0882. The molecular weight excluding hydrogens is 367 g/mol. The van der Waals surface area contributed by atoms with Gasteiger partial charge in [0.15, 0.2) is 0 Å². The summed E-state index contributed by atoms with van der Waals surface area (Å²) < 4.78 is 13.4. The molecular formula is C23H25FN4O. The summed E-state index contributed by atoms with van der Waals surface area (Å²) in [5.74, 6) is 0.176. The largest absolute Gasteiger partial charge is 0.343 e. The number of halogens is 1. The average Bonchev–Trinajstić information content (AvgIpc) is 3.51. The Labute approximate surface area is 169 Å². The summed E-state index contributed by atoms with van der Waals surface area (Å²) in [5.41, 5.74) is 5.28. The van der Waals surface area contributed by atoms with Crippen LogP contribution in [0.2, 0.25) is 0 Å². The lowest BCUT2D eigenvalue weighted by molar-refractivity contribution is 0.0628. The van der Waals surface area contributed by atoms with E-state index in [-0.39, 0.29) is 11.7 Å². The van der Waals surface area contributed by atoms with Crippen LogP contribution in [0.1, 0.15) is 45.9 Å². The zero-order chi connectivity index (χ0) is 20.0. The van der Waals surface area contributed by atoms with E-state index in [2.05, 4.69) is 27.9 Å². The SMILES string of the molecule is Cc1cnc2[nH]c(C3CC3)c(CN3CCN(C(=O)c4cccc(F)c4)CC3)c2c1. The molecule has 1 saturated carbocycles. The quantitative estimate of drug-likeness (QED) is 0.734. The minimum Gasteiger partial charge on any atom is -0.343 e. The maximum absolute atomic E-state index is 13.4. The maximum atomic E-state index is 13.4. The smallest absolute Gasteiger partial charge is 0.254 e. The van der Waals surface area contributed by atoms with E-state index in [1.54, 1.807) is 12.1 Å². The van der Waals surface area contributed by atoms with E-state index in [0.29, 0.717) is 24.6 Å². The highest BCUT2D eigenvalue weighted by molar-refractivity contribution is 5.94. The van der Waals surface area contributed by atoms with Gasteiger partial charge in [0.05, 0.1) is 0 Å². The maximum Gasteiger partial charge on any atom is 0.254 e. The molecule has 1 amide bonds. The minimum atomic E-state index is -0.370. The lowest BCUT2D eigenvalue weighted by atomic mass is 10.1. The number of nitrogens with one attached hydrogen (secondary N) is 1. The number of benzene rings is 1. The molecule has 2 aromatic heterocycles. The second kappa shape index (κ2) is 7.26. The van der Waals surface area contributed by atoms with Gasteiger partial charge in [0.2, 0.25) is 0 Å². The summed E-state index contributed by atoms with van der Waals surface area (Å²) in [5, 5.41) is 1.23. The highest BCUT2D eigenvalue weighted by Crippen LogP contribution is 2.43. The fourth-order valence-electron chi connectivity index (χ4n) is 4.27. The number of aryl methyl sites for hydroxylation is 1. The van der Waals surface area contributed by atoms with Crippen molar-refractivity contribution in [1.82, 2.24) is 19.8 Å². The Balaban J connectivity index is 1.30. The van der Waals surface area contributed by atoms with Crippen LogP contribution >= 0.6 is 0 Å². The van der Waals surface area contributed by atoms with Crippen LogP contribution in [0.4, 0.5) is 4.39 Å². The zero-order valence-electron chi connectivity index (χ0n) is 16.6. The van der Waals surface area contributed by atoms with E-state index in [4.69, 9.17) is 0 Å². The Morgan fingerprint density at radius 2 is 2.00 bits per heavy atom. The molecule has 0 atom stereocenters. The molecule has 0 radical (unpaired) electrons. The fraction of sp³-hybridized carbons (Fsp3) is 0.391. The second-order valence-electron chi connectivity index (χ2n) is 8.28. The van der Waals surface area contributed by atoms with Crippen molar-refractivity contribution in [2.45, 2.75) is 32.2 Å². The van der Waals surface area contributed by atoms with Crippen molar-refractivity contribution in [2.24, 2.45) is 0 Å². The van der Waals surface area contributed by atoms with Crippen LogP contribution in [0.25, 0.3) is 11.0 Å². The van der Waals surface area contributed by atoms with Crippen molar-refractivity contribution in [2.75, 3.05) is 26.2 Å². The number of hydrogen-bond donors (Lipinski definition) is 1. The number of H-pyrrole nitrogens is 1. The van der Waals surface area contributed by atoms with E-state index in [1.807, 2.05) is 11.1 Å². The van der Waals surface area contributed by atoms with Gasteiger partial charge in [0, 0.05) is 55.6 Å². The Bertz CT molecular complexity index is 1060. The predicted octanol–water partition coefficient (Wildman–Crippen LogP) is 3.85. The van der Waals surface area contributed by atoms with Crippen molar-refractivity contribution >= 4 is 16.9 Å². The summed E-state index contributed by atoms with van der Waals surface area (Å²) >= 11 is 0. The van der Waals surface area contributed by atoms with Crippen LogP contribution in [-0.2, 0) is 6.54 Å². The molecule has 2 aliphatic rings. The Hall–Kier alpha value is -2.73. The number of carbonyl (C=O) groups is 1. The average molecular weight is 392 g/mol. The number of pyridine rings is 1. The molecule has 1 aliphatic carbocycles. The standard InChI is InChI=1S/C23H25FN4O/c1-15-11-19-20(21(16-5-6-16)26-22(19)25-13-15)14-27-7-9-28(10-8-27)23(29)17-3-2-4-18(24)12-17/h2-4,11-13,16H,5-10,14H2,1H3,(H,25,26). The first-order valence-electron chi connectivity index (χ1n) is 10.3. The van der Waals surface area contributed by atoms with E-state index < -0.39 is 0 Å². The van der Waals surface area contributed by atoms with Crippen molar-refractivity contribution in [3.8, 4) is 0 Å². The molecule has 6 heteroatoms. The molecule has 1 aromatic carbocycles. The molecule has 2 fully saturated rings. The Morgan fingerprint density at radius 3 is 2.72 bits per heavy atom. The summed E-state index contributed by atoms with van der Waals surface area (Å²) in [6.45, 7) is 5.91. The van der Waals surface area contributed by atoms with Crippen LogP contribution < -0.4 is 0 Å². The van der Waals surface area contributed by atoms with Crippen LogP contribution in [0.3, 0.4) is 0 Å². The first kappa shape index (κ1) is 18.3. The first-order valence-corrected chi connectivity index (χ1v) is 10.3. The van der Waals surface area contributed by atoms with Gasteiger partial charge < -0.3 is 9.88 Å². The number of amides is 1. The monoisotopic (exact) mass is 392 g/mol. The topological polar surface area (TPSA) is 52.2 Å². The number of aromatic amines is 1. The van der Waals surface area contributed by atoms with E-state index in [0.717, 1.165) is 25.3 Å². The van der Waals surface area contributed by atoms with E-state index in [1.165, 1.54) is 47.2 Å². The van der Waals surface area contributed by atoms with E-state index in [9.17, 15) is 9.18 Å². The van der Waals surface area contributed by atoms with Gasteiger partial charge in [0.1, 0.15) is 11.5 Å². The number of rotatable bonds is 4. The summed E-state index contributed by atoms with van der Waals surface area (Å²) in [6, 6.07) is 8.18. The van der Waals surface area contributed by atoms with Gasteiger partial charge in [-0.15, -0.1) is 0 Å². The van der Waals surface area contributed by atoms with Gasteiger partial charge in [-0.05, 0) is 61.1 Å². The Morgan fingerprint density at radius 1 is 1.21 bits per heavy atom. The highest BCUT2D eigenvalue weighted by atomic mass is 19.1. The Kier molecular flexibility index (Phi) is 4.59. The number of carbonyl (C=O) groups excluding carboxylic acids is 1. The first-order chi connectivity index (χ1) is 14.1. The van der Waals surface area contributed by atoms with Crippen LogP contribution in [0.5, 0.6) is 0 Å². The van der Waals surface area contributed by atoms with Gasteiger partial charge >= 0.3 is 0 Å². The lowest BCUT2D eigenvalue weighted by Gasteiger charge is -2.35. The third kappa shape index (κ3) is 3.65. The van der Waals surface area contributed by atoms with Gasteiger partial charge in [-0.3, -0.25) is 9.69 Å². The number of nitrogens with zero attached hydrogens (tertiary/aromatic N) is 3. The van der Waals surface area contributed by atoms with E-state index >= 15 is 0 Å². The third-order valence-corrected chi connectivity index (χ3v) is 6.03. The number of aromatic nitrogens is 2. The normalized spacial score (nSPS) is 17.8. The molecule has 0 bridgehead atoms. The van der Waals surface area contributed by atoms with Gasteiger partial charge in [0.25, 0.3) is 5.91 Å². The molecule has 5 nitrogen and oxygen atoms in total. The molecule has 29 heavy (non-hydrogen) atoms. The highest BCUT2D eigenvalue weighted by Gasteiger charge is 2.31. The molecule has 1 N–H and O–H groups in total. The van der Waals surface area contributed by atoms with Crippen molar-refractivity contribution in [3.63, 3.8) is 0 Å². The molecule has 3 aromatic rings. The number of fused-ring (bicyclic) bond motifs is 1. The molecule has 5 rings (SSSR count). The number of piperazine rings is 1. The summed E-state index contributed by atoms with van der Waals surface area (Å²) in [6.07, 6.45) is 4.40. The van der Waals surface area contributed by atoms with Crippen molar-refractivity contribution in [1.29, 1.82) is 0 Å². The molecule has 1 saturated heterocycles. The molecule has 1 aliphatic heterocycles. The molecule has 150 valence electrons. The lowest BCUT2D eigenvalue weighted by Crippen LogP contribution is -2.48. The summed E-state index contributed by atoms with van der Waals surface area (Å²) in [4.78, 5) is 25.0. The van der Waals surface area contributed by atoms with Crippen LogP contribution in [0.15, 0.2) is 36.5 Å². The van der Waals surface area contributed by atoms with Crippen molar-refractivity contribution < 1.29 is 9.18 Å². The third-order valence-electron chi connectivity index (χ3n) is 6.03. The second-order valence-corrected chi connectivity index (χ2v) is 8.28. The van der Waals surface area contributed by atoms with Crippen LogP contribution in [0, 0.1) is 12.7 Å².